The van der Waals surface area contributed by atoms with Gasteiger partial charge in [0, 0.05) is 25.6 Å². The predicted molar refractivity (Wildman–Crippen MR) is 96.8 cm³/mol. The Morgan fingerprint density at radius 2 is 2.04 bits per heavy atom. The van der Waals surface area contributed by atoms with Gasteiger partial charge in [0.25, 0.3) is 0 Å². The molecule has 0 saturated carbocycles. The number of thiophene rings is 1. The van der Waals surface area contributed by atoms with E-state index in [-0.39, 0.29) is 0 Å². The Balaban J connectivity index is 1.46. The number of hydrogen-bond donors (Lipinski definition) is 1. The average molecular weight is 339 g/mol. The molecule has 1 fully saturated rings. The van der Waals surface area contributed by atoms with E-state index in [0.717, 1.165) is 36.8 Å². The van der Waals surface area contributed by atoms with E-state index in [1.165, 1.54) is 5.56 Å². The molecular weight excluding hydrogens is 318 g/mol. The molecule has 1 saturated heterocycles. The number of nitrogens with two attached hydrogens (primary N) is 1. The van der Waals surface area contributed by atoms with Crippen LogP contribution in [0, 0.1) is 5.92 Å². The highest BCUT2D eigenvalue weighted by Crippen LogP contribution is 2.33. The molecule has 2 N–H and O–H groups in total. The molecule has 1 aromatic carbocycles. The second-order valence-electron chi connectivity index (χ2n) is 6.33. The van der Waals surface area contributed by atoms with Gasteiger partial charge in [-0.1, -0.05) is 36.4 Å². The van der Waals surface area contributed by atoms with Gasteiger partial charge in [0.15, 0.2) is 0 Å². The number of likely N-dealkylation sites (tertiary alicyclic amines) is 1. The third kappa shape index (κ3) is 3.15. The van der Waals surface area contributed by atoms with Crippen LogP contribution in [0.15, 0.2) is 58.5 Å². The number of aromatic nitrogens is 1. The van der Waals surface area contributed by atoms with Crippen molar-refractivity contribution in [1.82, 2.24) is 9.88 Å². The van der Waals surface area contributed by atoms with E-state index in [1.54, 1.807) is 17.6 Å². The van der Waals surface area contributed by atoms with E-state index in [4.69, 9.17) is 10.2 Å². The van der Waals surface area contributed by atoms with Gasteiger partial charge >= 0.3 is 0 Å². The van der Waals surface area contributed by atoms with Crippen LogP contribution in [0.3, 0.4) is 0 Å². The molecule has 4 nitrogen and oxygen atoms in total. The summed E-state index contributed by atoms with van der Waals surface area (Å²) in [5.41, 5.74) is 8.40. The third-order valence-electron chi connectivity index (χ3n) is 4.72. The highest BCUT2D eigenvalue weighted by Gasteiger charge is 2.33. The van der Waals surface area contributed by atoms with Gasteiger partial charge in [-0.05, 0) is 29.5 Å². The molecule has 0 aliphatic carbocycles. The maximum absolute atomic E-state index is 6.03. The van der Waals surface area contributed by atoms with Crippen LogP contribution >= 0.6 is 11.3 Å². The molecule has 2 aromatic heterocycles. The molecule has 0 amide bonds. The summed E-state index contributed by atoms with van der Waals surface area (Å²) in [6, 6.07) is 14.7. The lowest BCUT2D eigenvalue weighted by atomic mass is 9.89. The average Bonchev–Trinajstić information content (AvgIpc) is 3.36. The molecule has 4 rings (SSSR count). The molecule has 24 heavy (non-hydrogen) atoms. The molecule has 3 aromatic rings. The van der Waals surface area contributed by atoms with Crippen LogP contribution in [-0.2, 0) is 6.54 Å². The Morgan fingerprint density at radius 3 is 2.79 bits per heavy atom. The summed E-state index contributed by atoms with van der Waals surface area (Å²) in [5.74, 6) is 1.71. The van der Waals surface area contributed by atoms with Gasteiger partial charge in [-0.2, -0.15) is 0 Å². The molecule has 124 valence electrons. The minimum absolute atomic E-state index is 0.496. The summed E-state index contributed by atoms with van der Waals surface area (Å²) in [6.45, 7) is 3.56. The van der Waals surface area contributed by atoms with E-state index in [2.05, 4.69) is 40.2 Å². The van der Waals surface area contributed by atoms with Crippen LogP contribution in [0.1, 0.15) is 17.2 Å². The van der Waals surface area contributed by atoms with Crippen molar-refractivity contribution in [1.29, 1.82) is 0 Å². The lowest BCUT2D eigenvalue weighted by Gasteiger charge is -2.16. The molecule has 5 heteroatoms. The molecule has 1 aliphatic heterocycles. The van der Waals surface area contributed by atoms with Crippen LogP contribution in [0.2, 0.25) is 0 Å². The van der Waals surface area contributed by atoms with Gasteiger partial charge in [0.05, 0.1) is 10.6 Å². The van der Waals surface area contributed by atoms with Gasteiger partial charge in [-0.25, -0.2) is 4.98 Å². The van der Waals surface area contributed by atoms with Crippen molar-refractivity contribution >= 4 is 11.3 Å². The molecule has 0 bridgehead atoms. The van der Waals surface area contributed by atoms with Crippen molar-refractivity contribution in [2.24, 2.45) is 11.7 Å². The fourth-order valence-corrected chi connectivity index (χ4v) is 4.18. The van der Waals surface area contributed by atoms with E-state index < -0.39 is 0 Å². The molecule has 0 unspecified atom stereocenters. The predicted octanol–water partition coefficient (Wildman–Crippen LogP) is 3.58. The number of oxazole rings is 1. The molecular formula is C19H21N3OS. The summed E-state index contributed by atoms with van der Waals surface area (Å²) in [6.07, 6.45) is 1.78. The Morgan fingerprint density at radius 1 is 1.17 bits per heavy atom. The van der Waals surface area contributed by atoms with Crippen molar-refractivity contribution in [3.05, 3.63) is 65.4 Å². The maximum atomic E-state index is 6.03. The Kier molecular flexibility index (Phi) is 4.47. The highest BCUT2D eigenvalue weighted by molar-refractivity contribution is 7.13. The monoisotopic (exact) mass is 339 g/mol. The summed E-state index contributed by atoms with van der Waals surface area (Å²) >= 11 is 1.65. The summed E-state index contributed by atoms with van der Waals surface area (Å²) in [7, 11) is 0. The molecule has 1 aliphatic rings. The minimum Gasteiger partial charge on any atom is -0.444 e. The third-order valence-corrected chi connectivity index (χ3v) is 5.57. The van der Waals surface area contributed by atoms with Gasteiger partial charge < -0.3 is 10.2 Å². The van der Waals surface area contributed by atoms with E-state index >= 15 is 0 Å². The van der Waals surface area contributed by atoms with E-state index in [9.17, 15) is 0 Å². The SMILES string of the molecule is NC[C@@H]1CN(Cc2coc(-c3cccs3)n2)C[C@H]1c1ccccc1. The second kappa shape index (κ2) is 6.89. The molecule has 0 spiro atoms. The Bertz CT molecular complexity index is 769. The lowest BCUT2D eigenvalue weighted by molar-refractivity contribution is 0.312. The first-order valence-electron chi connectivity index (χ1n) is 8.29. The topological polar surface area (TPSA) is 55.3 Å². The van der Waals surface area contributed by atoms with Gasteiger partial charge in [-0.15, -0.1) is 11.3 Å². The van der Waals surface area contributed by atoms with Crippen LogP contribution in [0.25, 0.3) is 10.8 Å². The zero-order valence-corrected chi connectivity index (χ0v) is 14.3. The first kappa shape index (κ1) is 15.6. The van der Waals surface area contributed by atoms with Gasteiger partial charge in [-0.3, -0.25) is 4.90 Å². The van der Waals surface area contributed by atoms with Crippen LogP contribution in [0.5, 0.6) is 0 Å². The summed E-state index contributed by atoms with van der Waals surface area (Å²) in [4.78, 5) is 8.15. The number of rotatable bonds is 5. The van der Waals surface area contributed by atoms with E-state index in [0.29, 0.717) is 17.7 Å². The fourth-order valence-electron chi connectivity index (χ4n) is 3.53. The second-order valence-corrected chi connectivity index (χ2v) is 7.28. The Labute approximate surface area is 145 Å². The van der Waals surface area contributed by atoms with Crippen molar-refractivity contribution in [2.75, 3.05) is 19.6 Å². The quantitative estimate of drug-likeness (QED) is 0.772. The number of nitrogens with zero attached hydrogens (tertiary/aromatic N) is 2. The largest absolute Gasteiger partial charge is 0.444 e. The van der Waals surface area contributed by atoms with Gasteiger partial charge in [0.1, 0.15) is 6.26 Å². The zero-order chi connectivity index (χ0) is 16.4. The highest BCUT2D eigenvalue weighted by atomic mass is 32.1. The van der Waals surface area contributed by atoms with E-state index in [1.807, 2.05) is 17.5 Å². The fraction of sp³-hybridized carbons (Fsp3) is 0.316. The number of benzene rings is 1. The summed E-state index contributed by atoms with van der Waals surface area (Å²) < 4.78 is 5.63. The first-order chi connectivity index (χ1) is 11.8. The molecule has 2 atom stereocenters. The molecule has 0 radical (unpaired) electrons. The molecule has 3 heterocycles. The minimum atomic E-state index is 0.496. The van der Waals surface area contributed by atoms with Crippen LogP contribution in [-0.4, -0.2) is 29.5 Å². The smallest absolute Gasteiger partial charge is 0.236 e. The maximum Gasteiger partial charge on any atom is 0.236 e. The lowest BCUT2D eigenvalue weighted by Crippen LogP contribution is -2.23. The van der Waals surface area contributed by atoms with Crippen molar-refractivity contribution in [3.63, 3.8) is 0 Å². The van der Waals surface area contributed by atoms with Crippen molar-refractivity contribution < 1.29 is 4.42 Å². The van der Waals surface area contributed by atoms with Crippen molar-refractivity contribution in [3.8, 4) is 10.8 Å². The van der Waals surface area contributed by atoms with Gasteiger partial charge in [0.2, 0.25) is 5.89 Å². The normalized spacial score (nSPS) is 21.4. The van der Waals surface area contributed by atoms with Crippen LogP contribution < -0.4 is 5.73 Å². The first-order valence-corrected chi connectivity index (χ1v) is 9.17. The standard InChI is InChI=1S/C19H21N3OS/c20-9-15-10-22(12-17(15)14-5-2-1-3-6-14)11-16-13-23-19(21-16)18-7-4-8-24-18/h1-8,13,15,17H,9-12,20H2/t15-,17+/m1/s1. The Hall–Kier alpha value is -1.95. The number of hydrogen-bond acceptors (Lipinski definition) is 5. The van der Waals surface area contributed by atoms with Crippen molar-refractivity contribution in [2.45, 2.75) is 12.5 Å². The zero-order valence-electron chi connectivity index (χ0n) is 13.5. The summed E-state index contributed by atoms with van der Waals surface area (Å²) in [5, 5.41) is 2.04. The van der Waals surface area contributed by atoms with Crippen LogP contribution in [0.4, 0.5) is 0 Å².